The Hall–Kier alpha value is -2.26. The summed E-state index contributed by atoms with van der Waals surface area (Å²) in [7, 11) is 0. The number of rotatable bonds is 3. The van der Waals surface area contributed by atoms with Gasteiger partial charge in [-0.15, -0.1) is 0 Å². The summed E-state index contributed by atoms with van der Waals surface area (Å²) in [6, 6.07) is 16.8. The monoisotopic (exact) mass is 286 g/mol. The SMILES string of the molecule is O=c1oc2ccccc2c(OCc2ccccc2)c1Cl. The summed E-state index contributed by atoms with van der Waals surface area (Å²) in [6.45, 7) is 0.341. The van der Waals surface area contributed by atoms with Gasteiger partial charge in [-0.2, -0.15) is 0 Å². The van der Waals surface area contributed by atoms with E-state index in [0.717, 1.165) is 5.56 Å². The first-order valence-corrected chi connectivity index (χ1v) is 6.51. The van der Waals surface area contributed by atoms with E-state index in [-0.39, 0.29) is 5.02 Å². The maximum Gasteiger partial charge on any atom is 0.359 e. The van der Waals surface area contributed by atoms with Gasteiger partial charge in [0.25, 0.3) is 0 Å². The Morgan fingerprint density at radius 1 is 1.00 bits per heavy atom. The van der Waals surface area contributed by atoms with Crippen molar-refractivity contribution in [1.82, 2.24) is 0 Å². The molecule has 1 aromatic heterocycles. The molecule has 3 aromatic rings. The van der Waals surface area contributed by atoms with Gasteiger partial charge in [0.2, 0.25) is 0 Å². The Balaban J connectivity index is 2.02. The minimum absolute atomic E-state index is 0.0281. The van der Waals surface area contributed by atoms with Crippen molar-refractivity contribution in [3.8, 4) is 5.75 Å². The van der Waals surface area contributed by atoms with Crippen molar-refractivity contribution in [2.24, 2.45) is 0 Å². The van der Waals surface area contributed by atoms with Gasteiger partial charge in [0.15, 0.2) is 10.8 Å². The van der Waals surface area contributed by atoms with Crippen LogP contribution in [0.5, 0.6) is 5.75 Å². The van der Waals surface area contributed by atoms with Gasteiger partial charge in [-0.1, -0.05) is 54.1 Å². The molecule has 0 amide bonds. The van der Waals surface area contributed by atoms with Gasteiger partial charge in [0, 0.05) is 0 Å². The van der Waals surface area contributed by atoms with Gasteiger partial charge in [0.1, 0.15) is 12.2 Å². The Morgan fingerprint density at radius 2 is 1.70 bits per heavy atom. The summed E-state index contributed by atoms with van der Waals surface area (Å²) in [6.07, 6.45) is 0. The van der Waals surface area contributed by atoms with E-state index >= 15 is 0 Å². The van der Waals surface area contributed by atoms with Gasteiger partial charge in [0.05, 0.1) is 5.39 Å². The number of hydrogen-bond acceptors (Lipinski definition) is 3. The van der Waals surface area contributed by atoms with Crippen molar-refractivity contribution in [3.05, 3.63) is 75.6 Å². The third kappa shape index (κ3) is 2.40. The first kappa shape index (κ1) is 12.8. The Kier molecular flexibility index (Phi) is 3.44. The normalized spacial score (nSPS) is 10.7. The van der Waals surface area contributed by atoms with Crippen LogP contribution in [0.4, 0.5) is 0 Å². The Bertz CT molecular complexity index is 794. The highest BCUT2D eigenvalue weighted by Crippen LogP contribution is 2.31. The van der Waals surface area contributed by atoms with E-state index in [2.05, 4.69) is 0 Å². The van der Waals surface area contributed by atoms with Gasteiger partial charge < -0.3 is 9.15 Å². The van der Waals surface area contributed by atoms with Crippen LogP contribution in [0.25, 0.3) is 11.0 Å². The summed E-state index contributed by atoms with van der Waals surface area (Å²) in [4.78, 5) is 11.7. The largest absolute Gasteiger partial charge is 0.486 e. The predicted molar refractivity (Wildman–Crippen MR) is 78.3 cm³/mol. The highest BCUT2D eigenvalue weighted by molar-refractivity contribution is 6.32. The molecular weight excluding hydrogens is 276 g/mol. The van der Waals surface area contributed by atoms with Crippen molar-refractivity contribution >= 4 is 22.6 Å². The fourth-order valence-corrected chi connectivity index (χ4v) is 2.16. The minimum Gasteiger partial charge on any atom is -0.486 e. The molecule has 0 atom stereocenters. The second kappa shape index (κ2) is 5.39. The maximum absolute atomic E-state index is 11.7. The molecule has 0 aliphatic rings. The van der Waals surface area contributed by atoms with Crippen LogP contribution in [-0.2, 0) is 6.61 Å². The molecule has 0 bridgehead atoms. The summed E-state index contributed by atoms with van der Waals surface area (Å²) >= 11 is 6.01. The Labute approximate surface area is 120 Å². The molecule has 20 heavy (non-hydrogen) atoms. The number of ether oxygens (including phenoxy) is 1. The molecule has 100 valence electrons. The van der Waals surface area contributed by atoms with Crippen LogP contribution >= 0.6 is 11.6 Å². The first-order chi connectivity index (χ1) is 9.75. The summed E-state index contributed by atoms with van der Waals surface area (Å²) in [5.41, 5.74) is 0.874. The fourth-order valence-electron chi connectivity index (χ4n) is 1.97. The molecule has 0 saturated carbocycles. The minimum atomic E-state index is -0.589. The standard InChI is InChI=1S/C16H11ClO3/c17-14-15(19-10-11-6-2-1-3-7-11)12-8-4-5-9-13(12)20-16(14)18/h1-9H,10H2. The molecular formula is C16H11ClO3. The Morgan fingerprint density at radius 3 is 2.50 bits per heavy atom. The van der Waals surface area contributed by atoms with Crippen LogP contribution in [0.2, 0.25) is 5.02 Å². The summed E-state index contributed by atoms with van der Waals surface area (Å²) in [5, 5.41) is 0.660. The zero-order chi connectivity index (χ0) is 13.9. The van der Waals surface area contributed by atoms with Crippen molar-refractivity contribution in [1.29, 1.82) is 0 Å². The smallest absolute Gasteiger partial charge is 0.359 e. The lowest BCUT2D eigenvalue weighted by Gasteiger charge is -2.10. The number of hydrogen-bond donors (Lipinski definition) is 0. The lowest BCUT2D eigenvalue weighted by molar-refractivity contribution is 0.307. The average molecular weight is 287 g/mol. The quantitative estimate of drug-likeness (QED) is 0.683. The molecule has 0 spiro atoms. The first-order valence-electron chi connectivity index (χ1n) is 6.14. The number of fused-ring (bicyclic) bond motifs is 1. The third-order valence-electron chi connectivity index (χ3n) is 2.94. The summed E-state index contributed by atoms with van der Waals surface area (Å²) in [5.74, 6) is 0.363. The lowest BCUT2D eigenvalue weighted by atomic mass is 10.2. The molecule has 4 heteroatoms. The van der Waals surface area contributed by atoms with E-state index in [1.54, 1.807) is 12.1 Å². The van der Waals surface area contributed by atoms with Gasteiger partial charge in [-0.05, 0) is 17.7 Å². The molecule has 2 aromatic carbocycles. The molecule has 3 rings (SSSR count). The van der Waals surface area contributed by atoms with Crippen LogP contribution in [0.15, 0.2) is 63.8 Å². The van der Waals surface area contributed by atoms with E-state index in [1.165, 1.54) is 0 Å². The van der Waals surface area contributed by atoms with Gasteiger partial charge in [-0.3, -0.25) is 0 Å². The van der Waals surface area contributed by atoms with Crippen molar-refractivity contribution in [2.75, 3.05) is 0 Å². The van der Waals surface area contributed by atoms with Crippen LogP contribution in [0, 0.1) is 0 Å². The molecule has 0 aliphatic heterocycles. The topological polar surface area (TPSA) is 39.4 Å². The van der Waals surface area contributed by atoms with E-state index in [9.17, 15) is 4.79 Å². The zero-order valence-electron chi connectivity index (χ0n) is 10.5. The predicted octanol–water partition coefficient (Wildman–Crippen LogP) is 4.03. The zero-order valence-corrected chi connectivity index (χ0v) is 11.3. The molecule has 0 N–H and O–H groups in total. The fraction of sp³-hybridized carbons (Fsp3) is 0.0625. The molecule has 0 saturated heterocycles. The van der Waals surface area contributed by atoms with Crippen LogP contribution in [0.1, 0.15) is 5.56 Å². The van der Waals surface area contributed by atoms with Crippen LogP contribution < -0.4 is 10.4 Å². The van der Waals surface area contributed by atoms with Gasteiger partial charge in [-0.25, -0.2) is 4.79 Å². The second-order valence-electron chi connectivity index (χ2n) is 4.30. The van der Waals surface area contributed by atoms with E-state index in [0.29, 0.717) is 23.3 Å². The molecule has 0 unspecified atom stereocenters. The summed E-state index contributed by atoms with van der Waals surface area (Å²) < 4.78 is 10.8. The number of halogens is 1. The van der Waals surface area contributed by atoms with Crippen molar-refractivity contribution in [3.63, 3.8) is 0 Å². The second-order valence-corrected chi connectivity index (χ2v) is 4.68. The van der Waals surface area contributed by atoms with E-state index in [4.69, 9.17) is 20.8 Å². The van der Waals surface area contributed by atoms with Crippen molar-refractivity contribution in [2.45, 2.75) is 6.61 Å². The molecule has 0 fully saturated rings. The molecule has 0 radical (unpaired) electrons. The molecule has 0 aliphatic carbocycles. The van der Waals surface area contributed by atoms with Crippen LogP contribution in [0.3, 0.4) is 0 Å². The molecule has 1 heterocycles. The molecule has 3 nitrogen and oxygen atoms in total. The highest BCUT2D eigenvalue weighted by atomic mass is 35.5. The number of benzene rings is 2. The van der Waals surface area contributed by atoms with Gasteiger partial charge >= 0.3 is 5.63 Å². The van der Waals surface area contributed by atoms with Crippen molar-refractivity contribution < 1.29 is 9.15 Å². The van der Waals surface area contributed by atoms with E-state index < -0.39 is 5.63 Å². The maximum atomic E-state index is 11.7. The highest BCUT2D eigenvalue weighted by Gasteiger charge is 2.13. The van der Waals surface area contributed by atoms with E-state index in [1.807, 2.05) is 42.5 Å². The third-order valence-corrected chi connectivity index (χ3v) is 3.26. The average Bonchev–Trinajstić information content (AvgIpc) is 2.49. The lowest BCUT2D eigenvalue weighted by Crippen LogP contribution is -2.04. The number of para-hydroxylation sites is 1. The van der Waals surface area contributed by atoms with Crippen LogP contribution in [-0.4, -0.2) is 0 Å².